The van der Waals surface area contributed by atoms with Gasteiger partial charge < -0.3 is 10.6 Å². The average molecular weight is 345 g/mol. The second kappa shape index (κ2) is 7.58. The molecular formula is C22H23N3O. The summed E-state index contributed by atoms with van der Waals surface area (Å²) in [6.07, 6.45) is 0.982. The van der Waals surface area contributed by atoms with Crippen molar-refractivity contribution in [2.45, 2.75) is 19.0 Å². The third-order valence-electron chi connectivity index (χ3n) is 4.89. The van der Waals surface area contributed by atoms with Gasteiger partial charge in [0.25, 0.3) is 0 Å². The summed E-state index contributed by atoms with van der Waals surface area (Å²) < 4.78 is 0. The topological polar surface area (TPSA) is 44.4 Å². The Morgan fingerprint density at radius 3 is 2.62 bits per heavy atom. The molecule has 0 aliphatic carbocycles. The van der Waals surface area contributed by atoms with Gasteiger partial charge in [-0.05, 0) is 23.4 Å². The fourth-order valence-corrected chi connectivity index (χ4v) is 3.61. The Morgan fingerprint density at radius 2 is 1.73 bits per heavy atom. The number of urea groups is 1. The molecule has 26 heavy (non-hydrogen) atoms. The molecule has 1 heterocycles. The first kappa shape index (κ1) is 16.6. The van der Waals surface area contributed by atoms with Crippen LogP contribution in [0.1, 0.15) is 12.0 Å². The molecule has 4 heteroatoms. The molecule has 1 aliphatic rings. The van der Waals surface area contributed by atoms with E-state index in [0.717, 1.165) is 42.5 Å². The van der Waals surface area contributed by atoms with Crippen molar-refractivity contribution in [2.24, 2.45) is 0 Å². The Labute approximate surface area is 153 Å². The van der Waals surface area contributed by atoms with Gasteiger partial charge in [-0.3, -0.25) is 4.90 Å². The molecule has 4 rings (SSSR count). The number of carbonyl (C=O) groups is 1. The van der Waals surface area contributed by atoms with E-state index >= 15 is 0 Å². The Bertz CT molecular complexity index is 889. The number of rotatable bonds is 4. The number of hydrogen-bond donors (Lipinski definition) is 2. The van der Waals surface area contributed by atoms with Crippen LogP contribution >= 0.6 is 0 Å². The SMILES string of the molecule is O=C(Nc1cccc2ccccc12)N[C@@H]1CCN(Cc2ccccc2)C1. The zero-order valence-corrected chi connectivity index (χ0v) is 14.7. The second-order valence-corrected chi connectivity index (χ2v) is 6.83. The van der Waals surface area contributed by atoms with Gasteiger partial charge in [0.2, 0.25) is 0 Å². The number of anilines is 1. The molecule has 0 saturated carbocycles. The van der Waals surface area contributed by atoms with E-state index in [1.165, 1.54) is 5.56 Å². The van der Waals surface area contributed by atoms with Crippen molar-refractivity contribution in [1.82, 2.24) is 10.2 Å². The van der Waals surface area contributed by atoms with Gasteiger partial charge in [-0.1, -0.05) is 66.7 Å². The minimum Gasteiger partial charge on any atom is -0.334 e. The van der Waals surface area contributed by atoms with E-state index in [1.54, 1.807) is 0 Å². The predicted octanol–water partition coefficient (Wildman–Crippen LogP) is 4.24. The molecular weight excluding hydrogens is 322 g/mol. The van der Waals surface area contributed by atoms with Crippen LogP contribution in [0.3, 0.4) is 0 Å². The standard InChI is InChI=1S/C22H23N3O/c26-22(24-21-12-6-10-18-9-4-5-11-20(18)21)23-19-13-14-25(16-19)15-17-7-2-1-3-8-17/h1-12,19H,13-16H2,(H2,23,24,26)/t19-/m1/s1. The number of amides is 2. The number of fused-ring (bicyclic) bond motifs is 1. The van der Waals surface area contributed by atoms with Crippen LogP contribution in [-0.4, -0.2) is 30.1 Å². The first-order valence-corrected chi connectivity index (χ1v) is 9.09. The third kappa shape index (κ3) is 3.86. The predicted molar refractivity (Wildman–Crippen MR) is 106 cm³/mol. The van der Waals surface area contributed by atoms with E-state index in [4.69, 9.17) is 0 Å². The number of nitrogens with one attached hydrogen (secondary N) is 2. The Morgan fingerprint density at radius 1 is 0.962 bits per heavy atom. The van der Waals surface area contributed by atoms with Crippen molar-refractivity contribution in [3.8, 4) is 0 Å². The summed E-state index contributed by atoms with van der Waals surface area (Å²) in [5.41, 5.74) is 2.16. The highest BCUT2D eigenvalue weighted by molar-refractivity contribution is 6.01. The fourth-order valence-electron chi connectivity index (χ4n) is 3.61. The van der Waals surface area contributed by atoms with Crippen LogP contribution in [0.5, 0.6) is 0 Å². The molecule has 0 radical (unpaired) electrons. The molecule has 4 nitrogen and oxygen atoms in total. The highest BCUT2D eigenvalue weighted by atomic mass is 16.2. The average Bonchev–Trinajstić information content (AvgIpc) is 3.09. The van der Waals surface area contributed by atoms with Crippen LogP contribution in [-0.2, 0) is 6.54 Å². The minimum absolute atomic E-state index is 0.132. The minimum atomic E-state index is -0.132. The highest BCUT2D eigenvalue weighted by Gasteiger charge is 2.23. The van der Waals surface area contributed by atoms with E-state index in [9.17, 15) is 4.79 Å². The molecule has 1 fully saturated rings. The summed E-state index contributed by atoms with van der Waals surface area (Å²) in [6, 6.07) is 24.6. The van der Waals surface area contributed by atoms with Crippen LogP contribution in [0.2, 0.25) is 0 Å². The van der Waals surface area contributed by atoms with Gasteiger partial charge in [0, 0.05) is 31.1 Å². The van der Waals surface area contributed by atoms with Crippen LogP contribution in [0.4, 0.5) is 10.5 Å². The summed E-state index contributed by atoms with van der Waals surface area (Å²) in [5.74, 6) is 0. The van der Waals surface area contributed by atoms with Crippen molar-refractivity contribution in [1.29, 1.82) is 0 Å². The van der Waals surface area contributed by atoms with E-state index in [1.807, 2.05) is 36.4 Å². The lowest BCUT2D eigenvalue weighted by Crippen LogP contribution is -2.39. The van der Waals surface area contributed by atoms with Gasteiger partial charge in [-0.15, -0.1) is 0 Å². The number of hydrogen-bond acceptors (Lipinski definition) is 2. The molecule has 132 valence electrons. The maximum absolute atomic E-state index is 12.4. The quantitative estimate of drug-likeness (QED) is 0.743. The van der Waals surface area contributed by atoms with Gasteiger partial charge in [0.05, 0.1) is 5.69 Å². The summed E-state index contributed by atoms with van der Waals surface area (Å²) >= 11 is 0. The van der Waals surface area contributed by atoms with E-state index in [-0.39, 0.29) is 12.1 Å². The monoisotopic (exact) mass is 345 g/mol. The normalized spacial score (nSPS) is 17.3. The van der Waals surface area contributed by atoms with E-state index in [2.05, 4.69) is 51.9 Å². The summed E-state index contributed by atoms with van der Waals surface area (Å²) in [7, 11) is 0. The van der Waals surface area contributed by atoms with Crippen LogP contribution < -0.4 is 10.6 Å². The summed E-state index contributed by atoms with van der Waals surface area (Å²) in [4.78, 5) is 14.8. The number of carbonyl (C=O) groups excluding carboxylic acids is 1. The second-order valence-electron chi connectivity index (χ2n) is 6.83. The number of benzene rings is 3. The van der Waals surface area contributed by atoms with Gasteiger partial charge in [0.15, 0.2) is 0 Å². The fraction of sp³-hybridized carbons (Fsp3) is 0.227. The van der Waals surface area contributed by atoms with Crippen LogP contribution in [0.25, 0.3) is 10.8 Å². The van der Waals surface area contributed by atoms with Crippen molar-refractivity contribution >= 4 is 22.5 Å². The molecule has 3 aromatic rings. The first-order valence-electron chi connectivity index (χ1n) is 9.09. The van der Waals surface area contributed by atoms with E-state index in [0.29, 0.717) is 0 Å². The molecule has 1 aliphatic heterocycles. The maximum atomic E-state index is 12.4. The highest BCUT2D eigenvalue weighted by Crippen LogP contribution is 2.23. The molecule has 2 amide bonds. The van der Waals surface area contributed by atoms with Crippen LogP contribution in [0.15, 0.2) is 72.8 Å². The van der Waals surface area contributed by atoms with Gasteiger partial charge in [-0.25, -0.2) is 4.79 Å². The van der Waals surface area contributed by atoms with Gasteiger partial charge in [0.1, 0.15) is 0 Å². The molecule has 3 aromatic carbocycles. The lowest BCUT2D eigenvalue weighted by atomic mass is 10.1. The third-order valence-corrected chi connectivity index (χ3v) is 4.89. The van der Waals surface area contributed by atoms with E-state index < -0.39 is 0 Å². The number of likely N-dealkylation sites (tertiary alicyclic amines) is 1. The Hall–Kier alpha value is -2.85. The molecule has 0 spiro atoms. The van der Waals surface area contributed by atoms with Gasteiger partial charge in [-0.2, -0.15) is 0 Å². The molecule has 0 bridgehead atoms. The Balaban J connectivity index is 1.34. The maximum Gasteiger partial charge on any atom is 0.319 e. The van der Waals surface area contributed by atoms with Crippen molar-refractivity contribution in [3.05, 3.63) is 78.4 Å². The summed E-state index contributed by atoms with van der Waals surface area (Å²) in [5, 5.41) is 8.31. The van der Waals surface area contributed by atoms with Crippen molar-refractivity contribution < 1.29 is 4.79 Å². The largest absolute Gasteiger partial charge is 0.334 e. The molecule has 1 atom stereocenters. The van der Waals surface area contributed by atoms with Crippen LogP contribution in [0, 0.1) is 0 Å². The first-order chi connectivity index (χ1) is 12.8. The number of nitrogens with zero attached hydrogens (tertiary/aromatic N) is 1. The molecule has 2 N–H and O–H groups in total. The zero-order valence-electron chi connectivity index (χ0n) is 14.7. The van der Waals surface area contributed by atoms with Gasteiger partial charge >= 0.3 is 6.03 Å². The van der Waals surface area contributed by atoms with Crippen molar-refractivity contribution in [2.75, 3.05) is 18.4 Å². The lowest BCUT2D eigenvalue weighted by Gasteiger charge is -2.17. The Kier molecular flexibility index (Phi) is 4.84. The van der Waals surface area contributed by atoms with Crippen molar-refractivity contribution in [3.63, 3.8) is 0 Å². The molecule has 0 unspecified atom stereocenters. The molecule has 0 aromatic heterocycles. The zero-order chi connectivity index (χ0) is 17.8. The lowest BCUT2D eigenvalue weighted by molar-refractivity contribution is 0.247. The summed E-state index contributed by atoms with van der Waals surface area (Å²) in [6.45, 7) is 2.83. The molecule has 1 saturated heterocycles. The smallest absolute Gasteiger partial charge is 0.319 e.